The van der Waals surface area contributed by atoms with Crippen LogP contribution in [-0.2, 0) is 23.7 Å². The molecule has 42 heavy (non-hydrogen) atoms. The Hall–Kier alpha value is -3.39. The predicted molar refractivity (Wildman–Crippen MR) is 143 cm³/mol. The molecule has 0 radical (unpaired) electrons. The van der Waals surface area contributed by atoms with E-state index in [-0.39, 0.29) is 29.1 Å². The van der Waals surface area contributed by atoms with Crippen molar-refractivity contribution in [3.63, 3.8) is 0 Å². The minimum absolute atomic E-state index is 0.0882. The van der Waals surface area contributed by atoms with Crippen molar-refractivity contribution in [1.82, 2.24) is 19.6 Å². The van der Waals surface area contributed by atoms with Crippen LogP contribution in [0.25, 0.3) is 17.0 Å². The molecule has 2 saturated heterocycles. The minimum atomic E-state index is -5.01. The summed E-state index contributed by atoms with van der Waals surface area (Å²) in [6.45, 7) is 4.15. The number of fused-ring (bicyclic) bond motifs is 1. The zero-order valence-corrected chi connectivity index (χ0v) is 23.2. The van der Waals surface area contributed by atoms with Gasteiger partial charge in [0.05, 0.1) is 40.3 Å². The number of alkyl halides is 7. The van der Waals surface area contributed by atoms with Crippen LogP contribution in [0.2, 0.25) is 0 Å². The van der Waals surface area contributed by atoms with E-state index in [1.54, 1.807) is 18.2 Å². The molecule has 2 aromatic carbocycles. The molecule has 3 aromatic rings. The highest BCUT2D eigenvalue weighted by Gasteiger charge is 2.45. The number of hydrogen-bond acceptors (Lipinski definition) is 5. The van der Waals surface area contributed by atoms with Gasteiger partial charge in [0.1, 0.15) is 6.17 Å². The van der Waals surface area contributed by atoms with Gasteiger partial charge in [0, 0.05) is 24.5 Å². The first kappa shape index (κ1) is 30.1. The van der Waals surface area contributed by atoms with Gasteiger partial charge in [-0.05, 0) is 73.5 Å². The summed E-state index contributed by atoms with van der Waals surface area (Å²) in [5, 5.41) is 4.05. The van der Waals surface area contributed by atoms with Crippen LogP contribution in [0.3, 0.4) is 0 Å². The maximum atomic E-state index is 15.0. The van der Waals surface area contributed by atoms with Gasteiger partial charge in [0.25, 0.3) is 11.1 Å². The Bertz CT molecular complexity index is 1560. The molecular weight excluding hydrogens is 589 g/mol. The standard InChI is InChI=1S/C28H25F7N4O2S/c1-15(2)37-8-7-23(21(29)14-37)39-25(40)24(42-26(39)41)10-16-3-6-22-18(9-16)12-36-38(22)13-17-4-5-19(27(30,31)32)11-20(17)28(33,34)35/h3-6,9-12,15,21,23H,7-8,13-14H2,1-2H3/t21-,23-/m0/s1. The van der Waals surface area contributed by atoms with E-state index in [0.717, 1.165) is 11.0 Å². The van der Waals surface area contributed by atoms with Crippen LogP contribution in [0.4, 0.5) is 35.5 Å². The van der Waals surface area contributed by atoms with Gasteiger partial charge in [0.15, 0.2) is 0 Å². The summed E-state index contributed by atoms with van der Waals surface area (Å²) in [4.78, 5) is 28.9. The molecule has 14 heteroatoms. The summed E-state index contributed by atoms with van der Waals surface area (Å²) < 4.78 is 96.1. The highest BCUT2D eigenvalue weighted by Crippen LogP contribution is 2.39. The van der Waals surface area contributed by atoms with Crippen molar-refractivity contribution in [2.75, 3.05) is 13.1 Å². The largest absolute Gasteiger partial charge is 0.416 e. The third-order valence-corrected chi connectivity index (χ3v) is 8.33. The third-order valence-electron chi connectivity index (χ3n) is 7.45. The molecule has 0 N–H and O–H groups in total. The van der Waals surface area contributed by atoms with E-state index in [1.807, 2.05) is 18.7 Å². The molecule has 6 nitrogen and oxygen atoms in total. The molecule has 1 aromatic heterocycles. The number of nitrogens with zero attached hydrogens (tertiary/aromatic N) is 4. The molecule has 2 atom stereocenters. The van der Waals surface area contributed by atoms with Gasteiger partial charge in [-0.1, -0.05) is 12.1 Å². The van der Waals surface area contributed by atoms with E-state index in [9.17, 15) is 40.3 Å². The molecular formula is C28H25F7N4O2S. The van der Waals surface area contributed by atoms with Gasteiger partial charge >= 0.3 is 12.4 Å². The van der Waals surface area contributed by atoms with Crippen molar-refractivity contribution in [1.29, 1.82) is 0 Å². The molecule has 0 bridgehead atoms. The third kappa shape index (κ3) is 5.91. The fourth-order valence-electron chi connectivity index (χ4n) is 5.23. The highest BCUT2D eigenvalue weighted by atomic mass is 32.2. The van der Waals surface area contributed by atoms with Gasteiger partial charge < -0.3 is 0 Å². The summed E-state index contributed by atoms with van der Waals surface area (Å²) in [5.41, 5.74) is -2.28. The topological polar surface area (TPSA) is 58.4 Å². The maximum absolute atomic E-state index is 15.0. The summed E-state index contributed by atoms with van der Waals surface area (Å²) in [6.07, 6.45) is -8.13. The Morgan fingerprint density at radius 2 is 1.79 bits per heavy atom. The number of hydrogen-bond donors (Lipinski definition) is 0. The van der Waals surface area contributed by atoms with Crippen LogP contribution < -0.4 is 0 Å². The van der Waals surface area contributed by atoms with Gasteiger partial charge in [-0.25, -0.2) is 4.39 Å². The Morgan fingerprint density at radius 1 is 1.05 bits per heavy atom. The summed E-state index contributed by atoms with van der Waals surface area (Å²) >= 11 is 0.709. The Morgan fingerprint density at radius 3 is 2.43 bits per heavy atom. The maximum Gasteiger partial charge on any atom is 0.416 e. The first-order valence-electron chi connectivity index (χ1n) is 13.0. The number of rotatable bonds is 5. The number of carbonyl (C=O) groups is 2. The smallest absolute Gasteiger partial charge is 0.298 e. The van der Waals surface area contributed by atoms with Gasteiger partial charge in [0.2, 0.25) is 0 Å². The number of thioether (sulfide) groups is 1. The molecule has 2 aliphatic heterocycles. The second-order valence-electron chi connectivity index (χ2n) is 10.5. The summed E-state index contributed by atoms with van der Waals surface area (Å²) in [5.74, 6) is -0.589. The van der Waals surface area contributed by atoms with E-state index in [2.05, 4.69) is 5.10 Å². The molecule has 0 spiro atoms. The number of benzene rings is 2. The first-order chi connectivity index (χ1) is 19.6. The number of halogens is 7. The number of amides is 2. The van der Waals surface area contributed by atoms with E-state index < -0.39 is 53.4 Å². The number of imide groups is 1. The second-order valence-corrected chi connectivity index (χ2v) is 11.5. The zero-order chi connectivity index (χ0) is 30.6. The Balaban J connectivity index is 1.37. The lowest BCUT2D eigenvalue weighted by Gasteiger charge is -2.39. The summed E-state index contributed by atoms with van der Waals surface area (Å²) in [6, 6.07) is 5.50. The average molecular weight is 615 g/mol. The number of aromatic nitrogens is 2. The lowest BCUT2D eigenvalue weighted by molar-refractivity contribution is -0.143. The molecule has 3 heterocycles. The van der Waals surface area contributed by atoms with Crippen LogP contribution in [-0.4, -0.2) is 62.1 Å². The van der Waals surface area contributed by atoms with Crippen LogP contribution in [0, 0.1) is 0 Å². The van der Waals surface area contributed by atoms with Crippen molar-refractivity contribution in [3.05, 3.63) is 69.8 Å². The monoisotopic (exact) mass is 614 g/mol. The van der Waals surface area contributed by atoms with Crippen molar-refractivity contribution in [2.45, 2.75) is 57.4 Å². The minimum Gasteiger partial charge on any atom is -0.298 e. The van der Waals surface area contributed by atoms with E-state index in [4.69, 9.17) is 0 Å². The van der Waals surface area contributed by atoms with Gasteiger partial charge in [-0.3, -0.25) is 24.1 Å². The molecule has 0 unspecified atom stereocenters. The quantitative estimate of drug-likeness (QED) is 0.229. The highest BCUT2D eigenvalue weighted by molar-refractivity contribution is 8.18. The number of piperidine rings is 1. The number of likely N-dealkylation sites (tertiary alicyclic amines) is 1. The molecule has 0 aliphatic carbocycles. The molecule has 2 fully saturated rings. The lowest BCUT2D eigenvalue weighted by Crippen LogP contribution is -2.55. The van der Waals surface area contributed by atoms with E-state index in [1.165, 1.54) is 17.0 Å². The van der Waals surface area contributed by atoms with Crippen LogP contribution >= 0.6 is 11.8 Å². The molecule has 224 valence electrons. The van der Waals surface area contributed by atoms with Crippen LogP contribution in [0.5, 0.6) is 0 Å². The van der Waals surface area contributed by atoms with Crippen molar-refractivity contribution in [2.24, 2.45) is 0 Å². The Labute approximate surface area is 240 Å². The first-order valence-corrected chi connectivity index (χ1v) is 13.8. The SMILES string of the molecule is CC(C)N1CC[C@H](N2C(=O)SC(=Cc3ccc4c(cnn4Cc4ccc(C(F)(F)F)cc4C(F)(F)F)c3)C2=O)[C@@H](F)C1. The van der Waals surface area contributed by atoms with Crippen LogP contribution in [0.15, 0.2) is 47.5 Å². The van der Waals surface area contributed by atoms with Gasteiger partial charge in [-0.15, -0.1) is 0 Å². The lowest BCUT2D eigenvalue weighted by atomic mass is 10.00. The predicted octanol–water partition coefficient (Wildman–Crippen LogP) is 6.98. The molecule has 5 rings (SSSR count). The fraction of sp³-hybridized carbons (Fsp3) is 0.393. The van der Waals surface area contributed by atoms with Gasteiger partial charge in [-0.2, -0.15) is 31.4 Å². The Kier molecular flexibility index (Phi) is 7.90. The van der Waals surface area contributed by atoms with Crippen LogP contribution in [0.1, 0.15) is 42.5 Å². The molecule has 0 saturated carbocycles. The number of carbonyl (C=O) groups excluding carboxylic acids is 2. The fourth-order valence-corrected chi connectivity index (χ4v) is 6.12. The zero-order valence-electron chi connectivity index (χ0n) is 22.3. The van der Waals surface area contributed by atoms with Crippen molar-refractivity contribution >= 4 is 39.9 Å². The van der Waals surface area contributed by atoms with Crippen molar-refractivity contribution in [3.8, 4) is 0 Å². The average Bonchev–Trinajstić information content (AvgIpc) is 3.42. The summed E-state index contributed by atoms with van der Waals surface area (Å²) in [7, 11) is 0. The molecule has 2 amide bonds. The van der Waals surface area contributed by atoms with E-state index in [0.29, 0.717) is 47.3 Å². The normalized spacial score (nSPS) is 21.9. The van der Waals surface area contributed by atoms with Crippen molar-refractivity contribution < 1.29 is 40.3 Å². The van der Waals surface area contributed by atoms with E-state index >= 15 is 0 Å². The molecule has 2 aliphatic rings. The second kappa shape index (κ2) is 11.0.